The van der Waals surface area contributed by atoms with Crippen LogP contribution in [0, 0.1) is 0 Å². The maximum atomic E-state index is 6.29. The number of benzene rings is 1. The van der Waals surface area contributed by atoms with Crippen molar-refractivity contribution in [2.24, 2.45) is 0 Å². The summed E-state index contributed by atoms with van der Waals surface area (Å²) in [4.78, 5) is 2.61. The molecule has 136 valence electrons. The van der Waals surface area contributed by atoms with Gasteiger partial charge in [-0.25, -0.2) is 0 Å². The molecule has 0 bridgehead atoms. The Labute approximate surface area is 149 Å². The summed E-state index contributed by atoms with van der Waals surface area (Å²) in [5.74, 6) is 0. The van der Waals surface area contributed by atoms with E-state index in [4.69, 9.17) is 4.74 Å². The Balaban J connectivity index is 1.78. The first-order chi connectivity index (χ1) is 11.4. The number of hydrogen-bond donors (Lipinski definition) is 0. The number of nitrogens with zero attached hydrogens (tertiary/aromatic N) is 1. The van der Waals surface area contributed by atoms with Crippen LogP contribution in [-0.4, -0.2) is 35.7 Å². The Bertz CT molecular complexity index is 445. The first-order valence-corrected chi connectivity index (χ1v) is 9.89. The van der Waals surface area contributed by atoms with E-state index in [1.54, 1.807) is 0 Å². The quantitative estimate of drug-likeness (QED) is 0.627. The molecule has 0 spiro atoms. The first-order valence-electron chi connectivity index (χ1n) is 9.89. The molecule has 2 heteroatoms. The van der Waals surface area contributed by atoms with Crippen LogP contribution in [0.4, 0.5) is 0 Å². The Hall–Kier alpha value is -0.860. The lowest BCUT2D eigenvalue weighted by molar-refractivity contribution is -0.0309. The summed E-state index contributed by atoms with van der Waals surface area (Å²) in [7, 11) is 0. The molecule has 0 saturated heterocycles. The van der Waals surface area contributed by atoms with Gasteiger partial charge in [0.2, 0.25) is 0 Å². The standard InChI is InChI=1S/C22H37NO/c1-19(24-21-13-9-6-10-14-21)15-17-23(22(2,3)4)18-16-20-11-7-5-8-12-20/h5,7-8,11-12,19,21H,6,9-10,13-18H2,1-4H3. The molecule has 0 radical (unpaired) electrons. The van der Waals surface area contributed by atoms with E-state index in [2.05, 4.69) is 62.9 Å². The van der Waals surface area contributed by atoms with Crippen molar-refractivity contribution >= 4 is 0 Å². The third kappa shape index (κ3) is 6.94. The van der Waals surface area contributed by atoms with Crippen LogP contribution in [-0.2, 0) is 11.2 Å². The summed E-state index contributed by atoms with van der Waals surface area (Å²) in [5.41, 5.74) is 1.64. The molecule has 1 unspecified atom stereocenters. The van der Waals surface area contributed by atoms with Crippen molar-refractivity contribution in [2.45, 2.75) is 90.4 Å². The predicted octanol–water partition coefficient (Wildman–Crippen LogP) is 5.46. The van der Waals surface area contributed by atoms with Crippen molar-refractivity contribution in [3.63, 3.8) is 0 Å². The van der Waals surface area contributed by atoms with Crippen LogP contribution in [0.1, 0.15) is 71.8 Å². The summed E-state index contributed by atoms with van der Waals surface area (Å²) in [5, 5.41) is 0. The molecule has 0 aliphatic heterocycles. The van der Waals surface area contributed by atoms with Crippen molar-refractivity contribution < 1.29 is 4.74 Å². The molecular weight excluding hydrogens is 294 g/mol. The van der Waals surface area contributed by atoms with Crippen molar-refractivity contribution in [1.82, 2.24) is 4.90 Å². The van der Waals surface area contributed by atoms with Crippen molar-refractivity contribution in [2.75, 3.05) is 13.1 Å². The molecule has 2 rings (SSSR count). The molecule has 1 aromatic carbocycles. The largest absolute Gasteiger partial charge is 0.375 e. The van der Waals surface area contributed by atoms with Gasteiger partial charge >= 0.3 is 0 Å². The molecule has 1 atom stereocenters. The minimum absolute atomic E-state index is 0.208. The lowest BCUT2D eigenvalue weighted by Gasteiger charge is -2.37. The second-order valence-corrected chi connectivity index (χ2v) is 8.39. The molecule has 1 aliphatic carbocycles. The van der Waals surface area contributed by atoms with Gasteiger partial charge < -0.3 is 4.74 Å². The van der Waals surface area contributed by atoms with E-state index < -0.39 is 0 Å². The van der Waals surface area contributed by atoms with Crippen LogP contribution in [0.5, 0.6) is 0 Å². The molecule has 0 N–H and O–H groups in total. The third-order valence-corrected chi connectivity index (χ3v) is 5.24. The fraction of sp³-hybridized carbons (Fsp3) is 0.727. The number of ether oxygens (including phenoxy) is 1. The highest BCUT2D eigenvalue weighted by atomic mass is 16.5. The molecule has 1 fully saturated rings. The molecule has 0 aromatic heterocycles. The Morgan fingerprint density at radius 2 is 1.71 bits per heavy atom. The minimum atomic E-state index is 0.208. The van der Waals surface area contributed by atoms with E-state index in [9.17, 15) is 0 Å². The summed E-state index contributed by atoms with van der Waals surface area (Å²) in [6.45, 7) is 11.5. The molecule has 0 amide bonds. The lowest BCUT2D eigenvalue weighted by atomic mass is 9.97. The highest BCUT2D eigenvalue weighted by Crippen LogP contribution is 2.23. The van der Waals surface area contributed by atoms with E-state index in [-0.39, 0.29) is 5.54 Å². The maximum absolute atomic E-state index is 6.29. The van der Waals surface area contributed by atoms with Gasteiger partial charge in [0.15, 0.2) is 0 Å². The molecule has 1 aliphatic rings. The maximum Gasteiger partial charge on any atom is 0.0578 e. The van der Waals surface area contributed by atoms with Crippen molar-refractivity contribution in [3.8, 4) is 0 Å². The molecule has 0 heterocycles. The van der Waals surface area contributed by atoms with Crippen LogP contribution in [0.3, 0.4) is 0 Å². The molecule has 24 heavy (non-hydrogen) atoms. The van der Waals surface area contributed by atoms with Gasteiger partial charge in [-0.05, 0) is 58.9 Å². The predicted molar refractivity (Wildman–Crippen MR) is 104 cm³/mol. The Morgan fingerprint density at radius 3 is 2.33 bits per heavy atom. The van der Waals surface area contributed by atoms with Crippen molar-refractivity contribution in [3.05, 3.63) is 35.9 Å². The van der Waals surface area contributed by atoms with Gasteiger partial charge in [-0.3, -0.25) is 4.90 Å². The minimum Gasteiger partial charge on any atom is -0.375 e. The molecule has 1 aromatic rings. The highest BCUT2D eigenvalue weighted by molar-refractivity contribution is 5.14. The number of rotatable bonds is 8. The fourth-order valence-corrected chi connectivity index (χ4v) is 3.63. The normalized spacial score (nSPS) is 18.0. The van der Waals surface area contributed by atoms with Gasteiger partial charge in [-0.1, -0.05) is 49.6 Å². The second kappa shape index (κ2) is 9.58. The number of hydrogen-bond acceptors (Lipinski definition) is 2. The summed E-state index contributed by atoms with van der Waals surface area (Å²) in [6, 6.07) is 10.8. The van der Waals surface area contributed by atoms with Crippen LogP contribution >= 0.6 is 0 Å². The van der Waals surface area contributed by atoms with Gasteiger partial charge in [0, 0.05) is 18.6 Å². The van der Waals surface area contributed by atoms with Gasteiger partial charge in [0.05, 0.1) is 12.2 Å². The van der Waals surface area contributed by atoms with Crippen LogP contribution in [0.2, 0.25) is 0 Å². The average molecular weight is 332 g/mol. The van der Waals surface area contributed by atoms with E-state index in [0.717, 1.165) is 25.9 Å². The highest BCUT2D eigenvalue weighted by Gasteiger charge is 2.22. The Morgan fingerprint density at radius 1 is 1.04 bits per heavy atom. The smallest absolute Gasteiger partial charge is 0.0578 e. The van der Waals surface area contributed by atoms with E-state index >= 15 is 0 Å². The van der Waals surface area contributed by atoms with Crippen LogP contribution in [0.15, 0.2) is 30.3 Å². The van der Waals surface area contributed by atoms with E-state index in [0.29, 0.717) is 12.2 Å². The fourth-order valence-electron chi connectivity index (χ4n) is 3.63. The van der Waals surface area contributed by atoms with Gasteiger partial charge in [0.1, 0.15) is 0 Å². The van der Waals surface area contributed by atoms with Crippen LogP contribution in [0.25, 0.3) is 0 Å². The van der Waals surface area contributed by atoms with Gasteiger partial charge in [-0.2, -0.15) is 0 Å². The molecular formula is C22H37NO. The average Bonchev–Trinajstić information content (AvgIpc) is 2.55. The topological polar surface area (TPSA) is 12.5 Å². The van der Waals surface area contributed by atoms with Crippen LogP contribution < -0.4 is 0 Å². The lowest BCUT2D eigenvalue weighted by Crippen LogP contribution is -2.44. The summed E-state index contributed by atoms with van der Waals surface area (Å²) < 4.78 is 6.29. The van der Waals surface area contributed by atoms with Gasteiger partial charge in [-0.15, -0.1) is 0 Å². The monoisotopic (exact) mass is 331 g/mol. The third-order valence-electron chi connectivity index (χ3n) is 5.24. The van der Waals surface area contributed by atoms with Gasteiger partial charge in [0.25, 0.3) is 0 Å². The summed E-state index contributed by atoms with van der Waals surface area (Å²) >= 11 is 0. The zero-order valence-corrected chi connectivity index (χ0v) is 16.3. The van der Waals surface area contributed by atoms with E-state index in [1.165, 1.54) is 37.7 Å². The molecule has 2 nitrogen and oxygen atoms in total. The SMILES string of the molecule is CC(CCN(CCc1ccccc1)C(C)(C)C)OC1CCCCC1. The van der Waals surface area contributed by atoms with Crippen molar-refractivity contribution in [1.29, 1.82) is 0 Å². The first kappa shape index (κ1) is 19.5. The summed E-state index contributed by atoms with van der Waals surface area (Å²) in [6.07, 6.45) is 9.76. The zero-order valence-electron chi connectivity index (χ0n) is 16.3. The Kier molecular flexibility index (Phi) is 7.77. The molecule has 1 saturated carbocycles. The second-order valence-electron chi connectivity index (χ2n) is 8.39. The zero-order chi connectivity index (χ0) is 17.4. The van der Waals surface area contributed by atoms with E-state index in [1.807, 2.05) is 0 Å².